The highest BCUT2D eigenvalue weighted by Crippen LogP contribution is 2.18. The summed E-state index contributed by atoms with van der Waals surface area (Å²) in [5.74, 6) is -1.09. The molecule has 6 nitrogen and oxygen atoms in total. The molecule has 0 bridgehead atoms. The fraction of sp³-hybridized carbons (Fsp3) is 0.417. The Balaban J connectivity index is 2.89. The summed E-state index contributed by atoms with van der Waals surface area (Å²) in [7, 11) is 0. The van der Waals surface area contributed by atoms with Crippen molar-refractivity contribution < 1.29 is 19.4 Å². The Hall–Kier alpha value is -2.11. The summed E-state index contributed by atoms with van der Waals surface area (Å²) in [5, 5.41) is 11.4. The number of nitrogens with one attached hydrogen (secondary N) is 1. The summed E-state index contributed by atoms with van der Waals surface area (Å²) >= 11 is 0. The highest BCUT2D eigenvalue weighted by molar-refractivity contribution is 5.93. The van der Waals surface area contributed by atoms with Crippen LogP contribution >= 0.6 is 0 Å². The van der Waals surface area contributed by atoms with Crippen LogP contribution in [0.1, 0.15) is 36.7 Å². The van der Waals surface area contributed by atoms with Crippen LogP contribution in [0.5, 0.6) is 0 Å². The maximum Gasteiger partial charge on any atom is 0.412 e. The third kappa shape index (κ3) is 3.73. The molecule has 0 unspecified atom stereocenters. The number of carboxylic acids is 1. The van der Waals surface area contributed by atoms with E-state index in [-0.39, 0.29) is 5.56 Å². The largest absolute Gasteiger partial charge is 0.478 e. The second kappa shape index (κ2) is 5.03. The summed E-state index contributed by atoms with van der Waals surface area (Å²) in [5.41, 5.74) is 0.187. The first-order valence-corrected chi connectivity index (χ1v) is 5.38. The van der Waals surface area contributed by atoms with Gasteiger partial charge in [-0.2, -0.15) is 0 Å². The molecular weight excluding hydrogens is 236 g/mol. The number of carbonyl (C=O) groups is 2. The first-order chi connectivity index (χ1) is 8.20. The van der Waals surface area contributed by atoms with E-state index in [0.717, 1.165) is 0 Å². The molecule has 0 saturated carbocycles. The average Bonchev–Trinajstić information content (AvgIpc) is 2.17. The number of aromatic carboxylic acids is 1. The lowest BCUT2D eigenvalue weighted by Crippen LogP contribution is -2.27. The highest BCUT2D eigenvalue weighted by atomic mass is 16.6. The predicted octanol–water partition coefficient (Wildman–Crippen LogP) is 2.44. The van der Waals surface area contributed by atoms with Gasteiger partial charge < -0.3 is 9.84 Å². The molecule has 0 aliphatic carbocycles. The third-order valence-corrected chi connectivity index (χ3v) is 2.08. The van der Waals surface area contributed by atoms with Crippen LogP contribution in [0.3, 0.4) is 0 Å². The molecule has 18 heavy (non-hydrogen) atoms. The van der Waals surface area contributed by atoms with Crippen molar-refractivity contribution in [3.05, 3.63) is 23.5 Å². The zero-order valence-electron chi connectivity index (χ0n) is 10.8. The maximum atomic E-state index is 11.6. The van der Waals surface area contributed by atoms with Crippen molar-refractivity contribution in [2.75, 3.05) is 5.32 Å². The van der Waals surface area contributed by atoms with E-state index in [9.17, 15) is 9.59 Å². The molecule has 0 radical (unpaired) electrons. The molecule has 1 rings (SSSR count). The van der Waals surface area contributed by atoms with Crippen LogP contribution in [0.15, 0.2) is 12.4 Å². The first kappa shape index (κ1) is 14.0. The molecular formula is C12H16N2O4. The molecule has 98 valence electrons. The molecule has 6 heteroatoms. The van der Waals surface area contributed by atoms with Crippen LogP contribution in [0, 0.1) is 6.92 Å². The maximum absolute atomic E-state index is 11.6. The summed E-state index contributed by atoms with van der Waals surface area (Å²) in [6, 6.07) is 0. The van der Waals surface area contributed by atoms with Crippen molar-refractivity contribution in [2.45, 2.75) is 33.3 Å². The van der Waals surface area contributed by atoms with Gasteiger partial charge in [0.25, 0.3) is 0 Å². The number of carbonyl (C=O) groups excluding carboxylic acids is 1. The van der Waals surface area contributed by atoms with Crippen molar-refractivity contribution in [1.82, 2.24) is 4.98 Å². The number of pyridine rings is 1. The van der Waals surface area contributed by atoms with Gasteiger partial charge in [-0.05, 0) is 33.3 Å². The summed E-state index contributed by atoms with van der Waals surface area (Å²) in [4.78, 5) is 26.2. The number of amides is 1. The SMILES string of the molecule is Cc1c(NC(=O)OC(C)(C)C)cncc1C(=O)O. The lowest BCUT2D eigenvalue weighted by Gasteiger charge is -2.20. The first-order valence-electron chi connectivity index (χ1n) is 5.38. The topological polar surface area (TPSA) is 88.5 Å². The number of aromatic nitrogens is 1. The van der Waals surface area contributed by atoms with E-state index in [1.807, 2.05) is 0 Å². The zero-order valence-corrected chi connectivity index (χ0v) is 10.8. The number of hydrogen-bond donors (Lipinski definition) is 2. The minimum absolute atomic E-state index is 0.0450. The summed E-state index contributed by atoms with van der Waals surface area (Å²) < 4.78 is 5.07. The summed E-state index contributed by atoms with van der Waals surface area (Å²) in [6.07, 6.45) is 1.97. The fourth-order valence-electron chi connectivity index (χ4n) is 1.28. The molecule has 1 aromatic rings. The van der Waals surface area contributed by atoms with Gasteiger partial charge in [-0.1, -0.05) is 0 Å². The normalized spacial score (nSPS) is 10.9. The molecule has 1 amide bonds. The Kier molecular flexibility index (Phi) is 3.90. The van der Waals surface area contributed by atoms with E-state index in [4.69, 9.17) is 9.84 Å². The van der Waals surface area contributed by atoms with E-state index < -0.39 is 17.7 Å². The molecule has 0 aliphatic rings. The molecule has 0 fully saturated rings. The molecule has 0 aromatic carbocycles. The molecule has 0 aliphatic heterocycles. The molecule has 1 heterocycles. The van der Waals surface area contributed by atoms with Crippen molar-refractivity contribution in [2.24, 2.45) is 0 Å². The minimum Gasteiger partial charge on any atom is -0.478 e. The minimum atomic E-state index is -1.09. The van der Waals surface area contributed by atoms with Gasteiger partial charge in [0.15, 0.2) is 0 Å². The van der Waals surface area contributed by atoms with E-state index in [2.05, 4.69) is 10.3 Å². The van der Waals surface area contributed by atoms with Crippen LogP contribution < -0.4 is 5.32 Å². The fourth-order valence-corrected chi connectivity index (χ4v) is 1.28. The lowest BCUT2D eigenvalue weighted by atomic mass is 10.1. The van der Waals surface area contributed by atoms with E-state index in [1.165, 1.54) is 12.4 Å². The van der Waals surface area contributed by atoms with Crippen LogP contribution in [0.25, 0.3) is 0 Å². The van der Waals surface area contributed by atoms with E-state index in [1.54, 1.807) is 27.7 Å². The predicted molar refractivity (Wildman–Crippen MR) is 65.8 cm³/mol. The van der Waals surface area contributed by atoms with Gasteiger partial charge in [-0.3, -0.25) is 10.3 Å². The van der Waals surface area contributed by atoms with Gasteiger partial charge >= 0.3 is 12.1 Å². The van der Waals surface area contributed by atoms with Gasteiger partial charge in [0.2, 0.25) is 0 Å². The molecule has 0 spiro atoms. The Morgan fingerprint density at radius 2 is 1.94 bits per heavy atom. The molecule has 1 aromatic heterocycles. The van der Waals surface area contributed by atoms with E-state index in [0.29, 0.717) is 11.3 Å². The number of ether oxygens (including phenoxy) is 1. The number of hydrogen-bond acceptors (Lipinski definition) is 4. The number of nitrogens with zero attached hydrogens (tertiary/aromatic N) is 1. The van der Waals surface area contributed by atoms with Crippen LogP contribution in [-0.4, -0.2) is 27.8 Å². The Morgan fingerprint density at radius 3 is 2.44 bits per heavy atom. The van der Waals surface area contributed by atoms with Gasteiger partial charge in [-0.25, -0.2) is 9.59 Å². The van der Waals surface area contributed by atoms with Gasteiger partial charge in [0.1, 0.15) is 5.60 Å². The third-order valence-electron chi connectivity index (χ3n) is 2.08. The smallest absolute Gasteiger partial charge is 0.412 e. The lowest BCUT2D eigenvalue weighted by molar-refractivity contribution is 0.0632. The second-order valence-electron chi connectivity index (χ2n) is 4.79. The number of carboxylic acid groups (broad SMARTS) is 1. The number of rotatable bonds is 2. The highest BCUT2D eigenvalue weighted by Gasteiger charge is 2.18. The van der Waals surface area contributed by atoms with Gasteiger partial charge in [0, 0.05) is 6.20 Å². The Morgan fingerprint density at radius 1 is 1.33 bits per heavy atom. The monoisotopic (exact) mass is 252 g/mol. The molecule has 0 atom stereocenters. The van der Waals surface area contributed by atoms with Crippen molar-refractivity contribution in [3.63, 3.8) is 0 Å². The average molecular weight is 252 g/mol. The van der Waals surface area contributed by atoms with Gasteiger partial charge in [0.05, 0.1) is 17.4 Å². The van der Waals surface area contributed by atoms with Crippen molar-refractivity contribution in [1.29, 1.82) is 0 Å². The van der Waals surface area contributed by atoms with Crippen LogP contribution in [-0.2, 0) is 4.74 Å². The molecule has 0 saturated heterocycles. The Labute approximate surface area is 105 Å². The standard InChI is InChI=1S/C12H16N2O4/c1-7-8(10(15)16)5-13-6-9(7)14-11(17)18-12(2,3)4/h5-6H,1-4H3,(H,14,17)(H,15,16). The number of anilines is 1. The van der Waals surface area contributed by atoms with Crippen molar-refractivity contribution in [3.8, 4) is 0 Å². The van der Waals surface area contributed by atoms with E-state index >= 15 is 0 Å². The van der Waals surface area contributed by atoms with Crippen LogP contribution in [0.2, 0.25) is 0 Å². The van der Waals surface area contributed by atoms with Crippen molar-refractivity contribution >= 4 is 17.7 Å². The quantitative estimate of drug-likeness (QED) is 0.843. The zero-order chi connectivity index (χ0) is 13.9. The van der Waals surface area contributed by atoms with Gasteiger partial charge in [-0.15, -0.1) is 0 Å². The molecule has 2 N–H and O–H groups in total. The van der Waals surface area contributed by atoms with Crippen LogP contribution in [0.4, 0.5) is 10.5 Å². The second-order valence-corrected chi connectivity index (χ2v) is 4.79. The summed E-state index contributed by atoms with van der Waals surface area (Å²) in [6.45, 7) is 6.82. The Bertz CT molecular complexity index is 477.